The summed E-state index contributed by atoms with van der Waals surface area (Å²) in [6.45, 7) is 2.30. The van der Waals surface area contributed by atoms with Crippen molar-refractivity contribution in [3.05, 3.63) is 33.8 Å². The molecule has 0 aliphatic carbocycles. The fourth-order valence-corrected chi connectivity index (χ4v) is 3.30. The molecular weight excluding hydrogens is 261 g/mol. The van der Waals surface area contributed by atoms with Gasteiger partial charge in [-0.25, -0.2) is 0 Å². The van der Waals surface area contributed by atoms with Gasteiger partial charge in [0, 0.05) is 11.0 Å². The van der Waals surface area contributed by atoms with Crippen LogP contribution in [0, 0.1) is 0 Å². The Labute approximate surface area is 111 Å². The first-order valence-corrected chi connectivity index (χ1v) is 7.32. The Morgan fingerprint density at radius 2 is 1.94 bits per heavy atom. The van der Waals surface area contributed by atoms with Crippen LogP contribution in [0.5, 0.6) is 0 Å². The summed E-state index contributed by atoms with van der Waals surface area (Å²) in [5, 5.41) is 5.46. The van der Waals surface area contributed by atoms with Gasteiger partial charge in [-0.2, -0.15) is 11.8 Å². The molecule has 1 heterocycles. The van der Waals surface area contributed by atoms with Crippen LogP contribution in [0.2, 0.25) is 10.0 Å². The average molecular weight is 276 g/mol. The lowest BCUT2D eigenvalue weighted by Gasteiger charge is -2.22. The van der Waals surface area contributed by atoms with Crippen LogP contribution >= 0.6 is 35.0 Å². The van der Waals surface area contributed by atoms with Crippen LogP contribution in [0.3, 0.4) is 0 Å². The van der Waals surface area contributed by atoms with E-state index >= 15 is 0 Å². The summed E-state index contributed by atoms with van der Waals surface area (Å²) in [6, 6.07) is 5.91. The number of nitrogens with one attached hydrogen (secondary N) is 1. The smallest absolute Gasteiger partial charge is 0.0595 e. The molecule has 0 atom stereocenters. The Morgan fingerprint density at radius 1 is 1.19 bits per heavy atom. The number of benzene rings is 1. The predicted octanol–water partition coefficient (Wildman–Crippen LogP) is 3.98. The molecule has 0 aromatic heterocycles. The lowest BCUT2D eigenvalue weighted by atomic mass is 10.2. The summed E-state index contributed by atoms with van der Waals surface area (Å²) in [5.74, 6) is 1.03. The highest BCUT2D eigenvalue weighted by molar-refractivity contribution is 7.99. The van der Waals surface area contributed by atoms with Crippen molar-refractivity contribution in [3.63, 3.8) is 0 Å². The van der Waals surface area contributed by atoms with Crippen molar-refractivity contribution >= 4 is 35.0 Å². The van der Waals surface area contributed by atoms with E-state index in [4.69, 9.17) is 23.2 Å². The molecule has 1 aliphatic rings. The normalized spacial score (nSPS) is 17.6. The highest BCUT2D eigenvalue weighted by Crippen LogP contribution is 2.28. The quantitative estimate of drug-likeness (QED) is 0.896. The first-order chi connectivity index (χ1) is 7.75. The van der Waals surface area contributed by atoms with Gasteiger partial charge in [0.2, 0.25) is 0 Å². The van der Waals surface area contributed by atoms with Crippen LogP contribution < -0.4 is 5.32 Å². The van der Waals surface area contributed by atoms with E-state index in [2.05, 4.69) is 11.4 Å². The maximum Gasteiger partial charge on any atom is 0.0595 e. The molecule has 88 valence electrons. The van der Waals surface area contributed by atoms with Crippen LogP contribution in [-0.2, 0) is 5.75 Å². The summed E-state index contributed by atoms with van der Waals surface area (Å²) in [5.41, 5.74) is 1.26. The summed E-state index contributed by atoms with van der Waals surface area (Å²) < 4.78 is 0. The Morgan fingerprint density at radius 3 is 2.62 bits per heavy atom. The number of hydrogen-bond acceptors (Lipinski definition) is 2. The molecule has 0 saturated carbocycles. The van der Waals surface area contributed by atoms with Gasteiger partial charge in [0.1, 0.15) is 0 Å². The monoisotopic (exact) mass is 275 g/mol. The molecule has 0 spiro atoms. The molecule has 1 saturated heterocycles. The Bertz CT molecular complexity index is 351. The molecule has 0 radical (unpaired) electrons. The fraction of sp³-hybridized carbons (Fsp3) is 0.500. The SMILES string of the molecule is Clc1ccc(CSC2CCNCC2)cc1Cl. The molecule has 0 amide bonds. The predicted molar refractivity (Wildman–Crippen MR) is 73.6 cm³/mol. The van der Waals surface area contributed by atoms with E-state index in [9.17, 15) is 0 Å². The minimum Gasteiger partial charge on any atom is -0.317 e. The first kappa shape index (κ1) is 12.6. The van der Waals surface area contributed by atoms with Crippen molar-refractivity contribution in [2.75, 3.05) is 13.1 Å². The van der Waals surface area contributed by atoms with Crippen molar-refractivity contribution in [2.24, 2.45) is 0 Å². The van der Waals surface area contributed by atoms with Crippen LogP contribution in [0.1, 0.15) is 18.4 Å². The molecule has 16 heavy (non-hydrogen) atoms. The van der Waals surface area contributed by atoms with Gasteiger partial charge in [-0.05, 0) is 43.6 Å². The number of thioether (sulfide) groups is 1. The maximum atomic E-state index is 5.98. The molecule has 1 N–H and O–H groups in total. The molecule has 1 aromatic rings. The van der Waals surface area contributed by atoms with Gasteiger partial charge in [-0.15, -0.1) is 0 Å². The molecule has 1 nitrogen and oxygen atoms in total. The molecule has 0 bridgehead atoms. The Balaban J connectivity index is 1.86. The van der Waals surface area contributed by atoms with Gasteiger partial charge in [-0.1, -0.05) is 29.3 Å². The lowest BCUT2D eigenvalue weighted by molar-refractivity contribution is 0.531. The van der Waals surface area contributed by atoms with E-state index in [1.165, 1.54) is 18.4 Å². The third kappa shape index (κ3) is 3.56. The van der Waals surface area contributed by atoms with Crippen LogP contribution in [0.4, 0.5) is 0 Å². The van der Waals surface area contributed by atoms with Crippen LogP contribution in [-0.4, -0.2) is 18.3 Å². The Kier molecular flexibility index (Phi) is 4.83. The van der Waals surface area contributed by atoms with E-state index in [0.717, 1.165) is 24.1 Å². The van der Waals surface area contributed by atoms with E-state index in [0.29, 0.717) is 10.0 Å². The van der Waals surface area contributed by atoms with Gasteiger partial charge < -0.3 is 5.32 Å². The lowest BCUT2D eigenvalue weighted by Crippen LogP contribution is -2.29. The highest BCUT2D eigenvalue weighted by Gasteiger charge is 2.13. The molecule has 0 unspecified atom stereocenters. The van der Waals surface area contributed by atoms with Crippen molar-refractivity contribution in [3.8, 4) is 0 Å². The van der Waals surface area contributed by atoms with Gasteiger partial charge in [0.05, 0.1) is 10.0 Å². The Hall–Kier alpha value is 0.110. The molecule has 1 fully saturated rings. The van der Waals surface area contributed by atoms with Crippen LogP contribution in [0.15, 0.2) is 18.2 Å². The van der Waals surface area contributed by atoms with Gasteiger partial charge >= 0.3 is 0 Å². The van der Waals surface area contributed by atoms with E-state index in [1.54, 1.807) is 0 Å². The molecule has 4 heteroatoms. The molecule has 1 aromatic carbocycles. The topological polar surface area (TPSA) is 12.0 Å². The standard InChI is InChI=1S/C12H15Cl2NS/c13-11-2-1-9(7-12(11)14)8-16-10-3-5-15-6-4-10/h1-2,7,10,15H,3-6,8H2. The number of hydrogen-bond donors (Lipinski definition) is 1. The zero-order chi connectivity index (χ0) is 11.4. The van der Waals surface area contributed by atoms with Gasteiger partial charge in [0.15, 0.2) is 0 Å². The third-order valence-corrected chi connectivity index (χ3v) is 4.94. The van der Waals surface area contributed by atoms with Crippen LogP contribution in [0.25, 0.3) is 0 Å². The summed E-state index contributed by atoms with van der Waals surface area (Å²) in [6.07, 6.45) is 2.54. The number of halogens is 2. The first-order valence-electron chi connectivity index (χ1n) is 5.52. The summed E-state index contributed by atoms with van der Waals surface area (Å²) in [4.78, 5) is 0. The zero-order valence-corrected chi connectivity index (χ0v) is 11.3. The maximum absolute atomic E-state index is 5.98. The van der Waals surface area contributed by atoms with Crippen molar-refractivity contribution in [1.82, 2.24) is 5.32 Å². The molecular formula is C12H15Cl2NS. The second-order valence-corrected chi connectivity index (χ2v) is 6.11. The summed E-state index contributed by atoms with van der Waals surface area (Å²) >= 11 is 13.9. The van der Waals surface area contributed by atoms with Gasteiger partial charge in [0.25, 0.3) is 0 Å². The number of piperidine rings is 1. The minimum absolute atomic E-state index is 0.636. The van der Waals surface area contributed by atoms with Crippen molar-refractivity contribution in [1.29, 1.82) is 0 Å². The molecule has 1 aliphatic heterocycles. The number of rotatable bonds is 3. The second-order valence-electron chi connectivity index (χ2n) is 4.01. The van der Waals surface area contributed by atoms with Gasteiger partial charge in [-0.3, -0.25) is 0 Å². The third-order valence-electron chi connectivity index (χ3n) is 2.76. The minimum atomic E-state index is 0.636. The largest absolute Gasteiger partial charge is 0.317 e. The second kappa shape index (κ2) is 6.15. The summed E-state index contributed by atoms with van der Waals surface area (Å²) in [7, 11) is 0. The van der Waals surface area contributed by atoms with Crippen molar-refractivity contribution < 1.29 is 0 Å². The average Bonchev–Trinajstić information content (AvgIpc) is 2.32. The van der Waals surface area contributed by atoms with E-state index in [-0.39, 0.29) is 0 Å². The van der Waals surface area contributed by atoms with Crippen molar-refractivity contribution in [2.45, 2.75) is 23.8 Å². The van der Waals surface area contributed by atoms with E-state index in [1.807, 2.05) is 23.9 Å². The fourth-order valence-electron chi connectivity index (χ4n) is 1.81. The van der Waals surface area contributed by atoms with E-state index < -0.39 is 0 Å². The zero-order valence-electron chi connectivity index (χ0n) is 9.01. The molecule has 2 rings (SSSR count). The highest BCUT2D eigenvalue weighted by atomic mass is 35.5.